The first-order chi connectivity index (χ1) is 3.31. The van der Waals surface area contributed by atoms with Gasteiger partial charge in [0.1, 0.15) is 0 Å². The third kappa shape index (κ3) is 3.06. The molecule has 0 rings (SSSR count). The van der Waals surface area contributed by atoms with Gasteiger partial charge in [0.15, 0.2) is 0 Å². The minimum absolute atomic E-state index is 0.796. The van der Waals surface area contributed by atoms with Crippen molar-refractivity contribution in [3.8, 4) is 0 Å². The summed E-state index contributed by atoms with van der Waals surface area (Å²) in [6, 6.07) is 0. The number of quaternary nitrogens is 1. The summed E-state index contributed by atoms with van der Waals surface area (Å²) >= 11 is 0. The molecule has 0 aliphatic heterocycles. The first-order valence-electron chi connectivity index (χ1n) is 1.29. The highest BCUT2D eigenvalue weighted by atomic mass is 16.9. The van der Waals surface area contributed by atoms with Crippen LogP contribution in [-0.4, -0.2) is 5.21 Å². The molecule has 0 fully saturated rings. The van der Waals surface area contributed by atoms with Crippen molar-refractivity contribution in [2.45, 2.75) is 0 Å². The molecule has 0 aliphatic carbocycles. The fourth-order valence-electron chi connectivity index (χ4n) is 0.0577. The molecular weight excluding hydrogens is 104 g/mol. The molecule has 0 aromatic carbocycles. The van der Waals surface area contributed by atoms with E-state index in [2.05, 4.69) is 4.94 Å². The Labute approximate surface area is 38.4 Å². The van der Waals surface area contributed by atoms with Gasteiger partial charge in [-0.1, -0.05) is 5.28 Å². The number of rotatable bonds is 3. The van der Waals surface area contributed by atoms with E-state index in [9.17, 15) is 0 Å². The predicted octanol–water partition coefficient (Wildman–Crippen LogP) is -1.65. The molecule has 42 valence electrons. The molecule has 0 aromatic rings. The topological polar surface area (TPSA) is 99.2 Å². The highest BCUT2D eigenvalue weighted by Crippen LogP contribution is 1.49. The van der Waals surface area contributed by atoms with Crippen LogP contribution < -0.4 is 10.9 Å². The molecule has 0 aliphatic rings. The van der Waals surface area contributed by atoms with Gasteiger partial charge >= 0.3 is 0 Å². The maximum Gasteiger partial charge on any atom is 0.214 e. The molecule has 7 heteroatoms. The lowest BCUT2D eigenvalue weighted by Gasteiger charge is -2.06. The van der Waals surface area contributed by atoms with E-state index in [0.29, 0.717) is 0 Å². The van der Waals surface area contributed by atoms with Crippen molar-refractivity contribution >= 4 is 0 Å². The quantitative estimate of drug-likeness (QED) is 0.297. The third-order valence-corrected chi connectivity index (χ3v) is 0.230. The summed E-state index contributed by atoms with van der Waals surface area (Å²) in [5, 5.41) is 8.68. The summed E-state index contributed by atoms with van der Waals surface area (Å²) in [6.07, 6.45) is 0. The molecule has 1 unspecified atom stereocenters. The summed E-state index contributed by atoms with van der Waals surface area (Å²) in [5.74, 6) is 6.26. The van der Waals surface area contributed by atoms with Gasteiger partial charge in [-0.2, -0.15) is 0 Å². The molecule has 0 aromatic heterocycles. The lowest BCUT2D eigenvalue weighted by atomic mass is 12.3. The molecule has 0 radical (unpaired) electrons. The van der Waals surface area contributed by atoms with Crippen molar-refractivity contribution in [3.63, 3.8) is 0 Å². The van der Waals surface area contributed by atoms with Crippen LogP contribution in [0.2, 0.25) is 0 Å². The largest absolute Gasteiger partial charge is 0.398 e. The molecule has 0 saturated heterocycles. The van der Waals surface area contributed by atoms with E-state index >= 15 is 0 Å². The molecule has 0 amide bonds. The van der Waals surface area contributed by atoms with E-state index in [4.69, 9.17) is 16.0 Å². The Morgan fingerprint density at radius 3 is 2.71 bits per heavy atom. The van der Waals surface area contributed by atoms with Crippen LogP contribution in [0.3, 0.4) is 0 Å². The monoisotopic (exact) mass is 108 g/mol. The lowest BCUT2D eigenvalue weighted by Crippen LogP contribution is -3.10. The average molecular weight is 108 g/mol. The van der Waals surface area contributed by atoms with Crippen LogP contribution in [0.5, 0.6) is 0 Å². The van der Waals surface area contributed by atoms with E-state index < -0.39 is 5.28 Å². The Bertz CT molecular complexity index is 52.9. The van der Waals surface area contributed by atoms with Crippen LogP contribution in [0.15, 0.2) is 5.34 Å². The summed E-state index contributed by atoms with van der Waals surface area (Å²) in [5.41, 5.74) is 1.23. The Balaban J connectivity index is 2.98. The van der Waals surface area contributed by atoms with Crippen molar-refractivity contribution in [3.05, 3.63) is 10.7 Å². The second-order valence-electron chi connectivity index (χ2n) is 0.607. The smallest absolute Gasteiger partial charge is 0.214 e. The minimum Gasteiger partial charge on any atom is -0.398 e. The van der Waals surface area contributed by atoms with Crippen LogP contribution in [0.4, 0.5) is 0 Å². The maximum atomic E-state index is 9.01. The van der Waals surface area contributed by atoms with Gasteiger partial charge in [-0.05, 0) is 5.59 Å². The van der Waals surface area contributed by atoms with Gasteiger partial charge in [0.2, 0.25) is 5.34 Å². The predicted molar refractivity (Wildman–Crippen MR) is 17.1 cm³/mol. The normalized spacial score (nSPS) is 12.9. The highest BCUT2D eigenvalue weighted by Gasteiger charge is 1.86. The highest BCUT2D eigenvalue weighted by molar-refractivity contribution is 3.89. The Morgan fingerprint density at radius 2 is 2.57 bits per heavy atom. The van der Waals surface area contributed by atoms with Crippen LogP contribution in [0.25, 0.3) is 5.84 Å². The summed E-state index contributed by atoms with van der Waals surface area (Å²) in [4.78, 5) is 12.5. The first kappa shape index (κ1) is 6.24. The molecular formula is H4N4O3. The van der Waals surface area contributed by atoms with Gasteiger partial charge in [-0.3, -0.25) is 5.21 Å². The molecule has 0 heterocycles. The Hall–Kier alpha value is -0.760. The van der Waals surface area contributed by atoms with Gasteiger partial charge in [-0.25, -0.2) is 0 Å². The maximum absolute atomic E-state index is 9.01. The molecule has 7 heavy (non-hydrogen) atoms. The SMILES string of the molecule is [NH-][NH+](NO)ON=O. The van der Waals surface area contributed by atoms with Crippen LogP contribution in [-0.2, 0) is 4.94 Å². The van der Waals surface area contributed by atoms with Crippen LogP contribution in [0.1, 0.15) is 0 Å². The average Bonchev–Trinajstić information content (AvgIpc) is 1.68. The van der Waals surface area contributed by atoms with Gasteiger partial charge in [0.25, 0.3) is 0 Å². The van der Waals surface area contributed by atoms with Crippen LogP contribution in [0, 0.1) is 4.91 Å². The molecule has 7 nitrogen and oxygen atoms in total. The summed E-state index contributed by atoms with van der Waals surface area (Å²) in [7, 11) is 0. The van der Waals surface area contributed by atoms with Gasteiger partial charge in [0, 0.05) is 0 Å². The van der Waals surface area contributed by atoms with E-state index in [1.807, 2.05) is 5.34 Å². The third-order valence-electron chi connectivity index (χ3n) is 0.230. The van der Waals surface area contributed by atoms with E-state index in [1.54, 1.807) is 0 Å². The zero-order valence-electron chi connectivity index (χ0n) is 3.21. The number of nitrogens with zero attached hydrogens (tertiary/aromatic N) is 1. The van der Waals surface area contributed by atoms with Crippen molar-refractivity contribution < 1.29 is 15.4 Å². The van der Waals surface area contributed by atoms with Crippen molar-refractivity contribution in [1.29, 1.82) is 0 Å². The van der Waals surface area contributed by atoms with Crippen molar-refractivity contribution in [1.82, 2.24) is 5.59 Å². The first-order valence-corrected chi connectivity index (χ1v) is 1.29. The molecule has 0 bridgehead atoms. The summed E-state index contributed by atoms with van der Waals surface area (Å²) < 4.78 is 0. The Morgan fingerprint density at radius 1 is 2.00 bits per heavy atom. The zero-order chi connectivity index (χ0) is 5.70. The van der Waals surface area contributed by atoms with Crippen molar-refractivity contribution in [2.24, 2.45) is 5.34 Å². The van der Waals surface area contributed by atoms with Gasteiger partial charge in [-0.15, -0.1) is 9.85 Å². The Kier molecular flexibility index (Phi) is 3.06. The fourth-order valence-corrected chi connectivity index (χ4v) is 0.0577. The molecule has 4 N–H and O–H groups in total. The van der Waals surface area contributed by atoms with E-state index in [1.165, 1.54) is 5.59 Å². The standard InChI is InChI=1S/H4N4O3/c1-4(2-5)7-3-6/h1-2,4-5H. The number of hydrogen-bond acceptors (Lipinski definition) is 5. The van der Waals surface area contributed by atoms with Crippen molar-refractivity contribution in [2.75, 3.05) is 0 Å². The number of hydrogen-bond donors (Lipinski definition) is 3. The van der Waals surface area contributed by atoms with E-state index in [-0.39, 0.29) is 0 Å². The summed E-state index contributed by atoms with van der Waals surface area (Å²) in [6.45, 7) is 0. The molecule has 0 spiro atoms. The molecule has 1 atom stereocenters. The second-order valence-corrected chi connectivity index (χ2v) is 0.607. The van der Waals surface area contributed by atoms with Gasteiger partial charge in [0.05, 0.1) is 0 Å². The van der Waals surface area contributed by atoms with Crippen LogP contribution >= 0.6 is 0 Å². The minimum atomic E-state index is -0.796. The molecule has 0 saturated carbocycles. The fraction of sp³-hybridized carbons (Fsp3) is 0. The number of nitrogens with one attached hydrogen (secondary N) is 3. The lowest BCUT2D eigenvalue weighted by molar-refractivity contribution is -1.11. The van der Waals surface area contributed by atoms with E-state index in [0.717, 1.165) is 0 Å². The van der Waals surface area contributed by atoms with Gasteiger partial charge < -0.3 is 5.84 Å². The second kappa shape index (κ2) is 3.43. The zero-order valence-corrected chi connectivity index (χ0v) is 3.21.